The minimum atomic E-state index is -0.209. The molecule has 0 N–H and O–H groups in total. The Labute approximate surface area is 102 Å². The van der Waals surface area contributed by atoms with E-state index in [1.807, 2.05) is 20.8 Å². The van der Waals surface area contributed by atoms with Crippen LogP contribution in [0.2, 0.25) is 0 Å². The molecule has 0 radical (unpaired) electrons. The van der Waals surface area contributed by atoms with Crippen LogP contribution >= 0.6 is 0 Å². The lowest BCUT2D eigenvalue weighted by atomic mass is 9.70. The quantitative estimate of drug-likeness (QED) is 0.679. The summed E-state index contributed by atoms with van der Waals surface area (Å²) in [5, 5.41) is 0. The first-order valence-corrected chi connectivity index (χ1v) is 6.53. The zero-order chi connectivity index (χ0) is 13.1. The third-order valence-electron chi connectivity index (χ3n) is 3.24. The van der Waals surface area contributed by atoms with Crippen LogP contribution in [-0.2, 0) is 4.79 Å². The average molecular weight is 226 g/mol. The van der Waals surface area contributed by atoms with E-state index in [-0.39, 0.29) is 16.7 Å². The van der Waals surface area contributed by atoms with Gasteiger partial charge in [0.25, 0.3) is 0 Å². The normalized spacial score (nSPS) is 17.0. The molecule has 1 heteroatoms. The summed E-state index contributed by atoms with van der Waals surface area (Å²) in [5.74, 6) is 1.13. The van der Waals surface area contributed by atoms with Gasteiger partial charge >= 0.3 is 0 Å². The van der Waals surface area contributed by atoms with Crippen LogP contribution in [0, 0.1) is 22.7 Å². The third-order valence-corrected chi connectivity index (χ3v) is 3.24. The van der Waals surface area contributed by atoms with E-state index < -0.39 is 0 Å². The van der Waals surface area contributed by atoms with Crippen LogP contribution in [-0.4, -0.2) is 5.78 Å². The number of carbonyl (C=O) groups excluding carboxylic acids is 1. The molecule has 0 saturated carbocycles. The lowest BCUT2D eigenvalue weighted by Gasteiger charge is -2.33. The van der Waals surface area contributed by atoms with Crippen LogP contribution in [0.3, 0.4) is 0 Å². The van der Waals surface area contributed by atoms with Crippen molar-refractivity contribution in [3.63, 3.8) is 0 Å². The van der Waals surface area contributed by atoms with Crippen molar-refractivity contribution in [1.29, 1.82) is 0 Å². The molecule has 0 aromatic rings. The van der Waals surface area contributed by atoms with Crippen molar-refractivity contribution in [2.75, 3.05) is 0 Å². The maximum absolute atomic E-state index is 12.4. The summed E-state index contributed by atoms with van der Waals surface area (Å²) < 4.78 is 0. The average Bonchev–Trinajstić information content (AvgIpc) is 2.09. The Bertz CT molecular complexity index is 227. The molecular formula is C15H30O. The maximum Gasteiger partial charge on any atom is 0.141 e. The van der Waals surface area contributed by atoms with Crippen molar-refractivity contribution in [2.24, 2.45) is 22.7 Å². The molecule has 0 spiro atoms. The van der Waals surface area contributed by atoms with Crippen LogP contribution in [0.4, 0.5) is 0 Å². The van der Waals surface area contributed by atoms with Crippen molar-refractivity contribution in [1.82, 2.24) is 0 Å². The molecule has 0 aliphatic rings. The van der Waals surface area contributed by atoms with E-state index in [9.17, 15) is 4.79 Å². The molecule has 96 valence electrons. The molecule has 0 amide bonds. The highest BCUT2D eigenvalue weighted by atomic mass is 16.1. The molecule has 0 aromatic carbocycles. The monoisotopic (exact) mass is 226 g/mol. The second-order valence-corrected chi connectivity index (χ2v) is 7.37. The summed E-state index contributed by atoms with van der Waals surface area (Å²) in [5.41, 5.74) is 0.0222. The van der Waals surface area contributed by atoms with Gasteiger partial charge in [0.15, 0.2) is 0 Å². The number of rotatable bonds is 4. The van der Waals surface area contributed by atoms with Crippen molar-refractivity contribution in [2.45, 2.75) is 68.2 Å². The smallest absolute Gasteiger partial charge is 0.141 e. The highest BCUT2D eigenvalue weighted by Gasteiger charge is 2.34. The summed E-state index contributed by atoms with van der Waals surface area (Å²) in [7, 11) is 0. The zero-order valence-corrected chi connectivity index (χ0v) is 12.5. The second kappa shape index (κ2) is 5.33. The highest BCUT2D eigenvalue weighted by Crippen LogP contribution is 2.35. The number of Topliss-reactive ketones (excluding diaryl/α,β-unsaturated/α-hetero) is 1. The van der Waals surface area contributed by atoms with E-state index in [2.05, 4.69) is 34.6 Å². The van der Waals surface area contributed by atoms with Crippen molar-refractivity contribution < 1.29 is 4.79 Å². The third kappa shape index (κ3) is 5.14. The Morgan fingerprint density at radius 1 is 1.06 bits per heavy atom. The fourth-order valence-electron chi connectivity index (χ4n) is 2.05. The topological polar surface area (TPSA) is 17.1 Å². The van der Waals surface area contributed by atoms with Gasteiger partial charge in [-0.05, 0) is 17.8 Å². The first kappa shape index (κ1) is 15.7. The number of hydrogen-bond donors (Lipinski definition) is 0. The number of ketones is 1. The maximum atomic E-state index is 12.4. The van der Waals surface area contributed by atoms with Crippen LogP contribution in [0.25, 0.3) is 0 Å². The molecule has 0 unspecified atom stereocenters. The lowest BCUT2D eigenvalue weighted by molar-refractivity contribution is -0.133. The fourth-order valence-corrected chi connectivity index (χ4v) is 2.05. The molecule has 0 rings (SSSR count). The molecule has 0 aliphatic carbocycles. The van der Waals surface area contributed by atoms with Gasteiger partial charge in [0, 0.05) is 11.3 Å². The van der Waals surface area contributed by atoms with Gasteiger partial charge in [-0.1, -0.05) is 61.8 Å². The van der Waals surface area contributed by atoms with Gasteiger partial charge in [0.1, 0.15) is 5.78 Å². The first-order chi connectivity index (χ1) is 6.99. The summed E-state index contributed by atoms with van der Waals surface area (Å²) in [6, 6.07) is 0. The van der Waals surface area contributed by atoms with E-state index >= 15 is 0 Å². The molecule has 2 atom stereocenters. The van der Waals surface area contributed by atoms with Crippen LogP contribution in [0.1, 0.15) is 68.2 Å². The standard InChI is InChI=1S/C15H30O/c1-9-11(2)12(10-14(3,4)5)13(16)15(6,7)8/h11-12H,9-10H2,1-8H3/t11-,12-/m0/s1. The summed E-state index contributed by atoms with van der Waals surface area (Å²) in [4.78, 5) is 12.4. The Kier molecular flexibility index (Phi) is 5.22. The Morgan fingerprint density at radius 3 is 1.75 bits per heavy atom. The van der Waals surface area contributed by atoms with Crippen LogP contribution in [0.15, 0.2) is 0 Å². The van der Waals surface area contributed by atoms with Gasteiger partial charge in [-0.15, -0.1) is 0 Å². The molecule has 0 aliphatic heterocycles. The van der Waals surface area contributed by atoms with Crippen molar-refractivity contribution >= 4 is 5.78 Å². The molecule has 0 fully saturated rings. The highest BCUT2D eigenvalue weighted by molar-refractivity contribution is 5.86. The lowest BCUT2D eigenvalue weighted by Crippen LogP contribution is -2.34. The van der Waals surface area contributed by atoms with Crippen LogP contribution in [0.5, 0.6) is 0 Å². The van der Waals surface area contributed by atoms with Gasteiger partial charge in [-0.25, -0.2) is 0 Å². The predicted octanol–water partition coefficient (Wildman–Crippen LogP) is 4.70. The molecule has 16 heavy (non-hydrogen) atoms. The molecular weight excluding hydrogens is 196 g/mol. The van der Waals surface area contributed by atoms with Crippen molar-refractivity contribution in [3.8, 4) is 0 Å². The summed E-state index contributed by atoms with van der Waals surface area (Å²) in [6.45, 7) is 17.2. The van der Waals surface area contributed by atoms with Crippen molar-refractivity contribution in [3.05, 3.63) is 0 Å². The predicted molar refractivity (Wildman–Crippen MR) is 71.5 cm³/mol. The van der Waals surface area contributed by atoms with E-state index in [0.29, 0.717) is 11.7 Å². The van der Waals surface area contributed by atoms with E-state index in [1.54, 1.807) is 0 Å². The van der Waals surface area contributed by atoms with Gasteiger partial charge in [-0.2, -0.15) is 0 Å². The number of hydrogen-bond acceptors (Lipinski definition) is 1. The number of carbonyl (C=O) groups is 1. The Morgan fingerprint density at radius 2 is 1.50 bits per heavy atom. The van der Waals surface area contributed by atoms with Gasteiger partial charge < -0.3 is 0 Å². The SMILES string of the molecule is CC[C@H](C)[C@H](CC(C)(C)C)C(=O)C(C)(C)C. The molecule has 0 bridgehead atoms. The van der Waals surface area contributed by atoms with Gasteiger partial charge in [-0.3, -0.25) is 4.79 Å². The summed E-state index contributed by atoms with van der Waals surface area (Å²) >= 11 is 0. The molecule has 1 nitrogen and oxygen atoms in total. The van der Waals surface area contributed by atoms with Crippen LogP contribution < -0.4 is 0 Å². The molecule has 0 aromatic heterocycles. The molecule has 0 saturated heterocycles. The van der Waals surface area contributed by atoms with Gasteiger partial charge in [0.2, 0.25) is 0 Å². The van der Waals surface area contributed by atoms with Gasteiger partial charge in [0.05, 0.1) is 0 Å². The fraction of sp³-hybridized carbons (Fsp3) is 0.933. The first-order valence-electron chi connectivity index (χ1n) is 6.53. The molecule has 0 heterocycles. The Balaban J connectivity index is 4.89. The second-order valence-electron chi connectivity index (χ2n) is 7.37. The van der Waals surface area contributed by atoms with E-state index in [0.717, 1.165) is 12.8 Å². The largest absolute Gasteiger partial charge is 0.299 e. The minimum absolute atomic E-state index is 0.209. The Hall–Kier alpha value is -0.330. The minimum Gasteiger partial charge on any atom is -0.299 e. The van der Waals surface area contributed by atoms with E-state index in [4.69, 9.17) is 0 Å². The summed E-state index contributed by atoms with van der Waals surface area (Å²) in [6.07, 6.45) is 2.08. The zero-order valence-electron chi connectivity index (χ0n) is 12.5. The van der Waals surface area contributed by atoms with E-state index in [1.165, 1.54) is 0 Å².